The smallest absolute Gasteiger partial charge is 0.124 e. The van der Waals surface area contributed by atoms with Crippen LogP contribution in [0.3, 0.4) is 0 Å². The standard InChI is InChI=1S/C17H18FNOS/c1-19-17-15-10-13(20-2)7-6-11(15)8-16(17)21-14-5-3-4-12(18)9-14/h3-7,9-10,16-17,19H,8H2,1-2H3. The molecule has 0 bridgehead atoms. The lowest BCUT2D eigenvalue weighted by Crippen LogP contribution is -2.23. The average molecular weight is 303 g/mol. The molecule has 2 nitrogen and oxygen atoms in total. The third-order valence-corrected chi connectivity index (χ3v) is 5.14. The zero-order valence-corrected chi connectivity index (χ0v) is 12.9. The Hall–Kier alpha value is -1.52. The van der Waals surface area contributed by atoms with E-state index in [1.165, 1.54) is 17.2 Å². The van der Waals surface area contributed by atoms with Crippen LogP contribution in [0.4, 0.5) is 4.39 Å². The Kier molecular flexibility index (Phi) is 4.17. The molecule has 0 aromatic heterocycles. The van der Waals surface area contributed by atoms with Crippen LogP contribution in [-0.2, 0) is 6.42 Å². The molecule has 0 amide bonds. The maximum absolute atomic E-state index is 13.3. The summed E-state index contributed by atoms with van der Waals surface area (Å²) in [7, 11) is 3.66. The second kappa shape index (κ2) is 6.08. The second-order valence-corrected chi connectivity index (χ2v) is 6.46. The zero-order valence-electron chi connectivity index (χ0n) is 12.1. The van der Waals surface area contributed by atoms with E-state index >= 15 is 0 Å². The number of thioether (sulfide) groups is 1. The lowest BCUT2D eigenvalue weighted by molar-refractivity contribution is 0.413. The van der Waals surface area contributed by atoms with Crippen molar-refractivity contribution in [2.24, 2.45) is 0 Å². The van der Waals surface area contributed by atoms with Crippen molar-refractivity contribution in [1.82, 2.24) is 5.32 Å². The topological polar surface area (TPSA) is 21.3 Å². The molecular formula is C17H18FNOS. The van der Waals surface area contributed by atoms with Crippen LogP contribution in [0.15, 0.2) is 47.4 Å². The van der Waals surface area contributed by atoms with Crippen molar-refractivity contribution >= 4 is 11.8 Å². The Bertz CT molecular complexity index is 646. The van der Waals surface area contributed by atoms with Crippen LogP contribution in [0, 0.1) is 5.82 Å². The van der Waals surface area contributed by atoms with E-state index in [1.807, 2.05) is 19.2 Å². The van der Waals surface area contributed by atoms with E-state index in [-0.39, 0.29) is 11.9 Å². The van der Waals surface area contributed by atoms with Gasteiger partial charge in [0.25, 0.3) is 0 Å². The molecule has 1 aliphatic carbocycles. The Morgan fingerprint density at radius 2 is 2.10 bits per heavy atom. The monoisotopic (exact) mass is 303 g/mol. The molecule has 3 rings (SSSR count). The van der Waals surface area contributed by atoms with Gasteiger partial charge in [-0.1, -0.05) is 12.1 Å². The van der Waals surface area contributed by atoms with E-state index in [0.29, 0.717) is 5.25 Å². The van der Waals surface area contributed by atoms with Crippen molar-refractivity contribution in [3.63, 3.8) is 0 Å². The van der Waals surface area contributed by atoms with E-state index < -0.39 is 0 Å². The first-order valence-electron chi connectivity index (χ1n) is 6.97. The zero-order chi connectivity index (χ0) is 14.8. The van der Waals surface area contributed by atoms with E-state index in [1.54, 1.807) is 31.0 Å². The Morgan fingerprint density at radius 3 is 2.81 bits per heavy atom. The van der Waals surface area contributed by atoms with Crippen LogP contribution in [-0.4, -0.2) is 19.4 Å². The summed E-state index contributed by atoms with van der Waals surface area (Å²) in [6.45, 7) is 0. The summed E-state index contributed by atoms with van der Waals surface area (Å²) in [5.74, 6) is 0.698. The third-order valence-electron chi connectivity index (χ3n) is 3.88. The number of hydrogen-bond donors (Lipinski definition) is 1. The predicted molar refractivity (Wildman–Crippen MR) is 84.5 cm³/mol. The number of benzene rings is 2. The SMILES string of the molecule is CNC1c2cc(OC)ccc2CC1Sc1cccc(F)c1. The van der Waals surface area contributed by atoms with Gasteiger partial charge in [0.2, 0.25) is 0 Å². The molecule has 4 heteroatoms. The summed E-state index contributed by atoms with van der Waals surface area (Å²) in [5.41, 5.74) is 2.62. The number of ether oxygens (including phenoxy) is 1. The van der Waals surface area contributed by atoms with Gasteiger partial charge >= 0.3 is 0 Å². The molecule has 0 saturated heterocycles. The number of halogens is 1. The van der Waals surface area contributed by atoms with E-state index in [4.69, 9.17) is 4.74 Å². The van der Waals surface area contributed by atoms with Crippen LogP contribution in [0.25, 0.3) is 0 Å². The van der Waals surface area contributed by atoms with Gasteiger partial charge in [0.15, 0.2) is 0 Å². The highest BCUT2D eigenvalue weighted by Crippen LogP contribution is 2.42. The van der Waals surface area contributed by atoms with Crippen LogP contribution >= 0.6 is 11.8 Å². The van der Waals surface area contributed by atoms with E-state index in [2.05, 4.69) is 17.4 Å². The van der Waals surface area contributed by atoms with Crippen molar-refractivity contribution in [2.45, 2.75) is 22.6 Å². The van der Waals surface area contributed by atoms with Gasteiger partial charge in [0.05, 0.1) is 7.11 Å². The molecule has 1 N–H and O–H groups in total. The number of methoxy groups -OCH3 is 1. The molecular weight excluding hydrogens is 285 g/mol. The molecule has 0 heterocycles. The van der Waals surface area contributed by atoms with Crippen molar-refractivity contribution in [3.05, 3.63) is 59.4 Å². The maximum atomic E-state index is 13.3. The fourth-order valence-corrected chi connectivity index (χ4v) is 4.25. The number of fused-ring (bicyclic) bond motifs is 1. The molecule has 110 valence electrons. The predicted octanol–water partition coefficient (Wildman–Crippen LogP) is 3.81. The molecule has 0 fully saturated rings. The number of hydrogen-bond acceptors (Lipinski definition) is 3. The summed E-state index contributed by atoms with van der Waals surface area (Å²) in [4.78, 5) is 0.972. The first-order chi connectivity index (χ1) is 10.2. The van der Waals surface area contributed by atoms with Crippen molar-refractivity contribution in [3.8, 4) is 5.75 Å². The number of nitrogens with one attached hydrogen (secondary N) is 1. The van der Waals surface area contributed by atoms with Gasteiger partial charge in [-0.05, 0) is 54.9 Å². The summed E-state index contributed by atoms with van der Waals surface area (Å²) < 4.78 is 18.7. The Morgan fingerprint density at radius 1 is 1.24 bits per heavy atom. The highest BCUT2D eigenvalue weighted by atomic mass is 32.2. The Labute approximate surface area is 128 Å². The van der Waals surface area contributed by atoms with Gasteiger partial charge in [0, 0.05) is 16.2 Å². The fourth-order valence-electron chi connectivity index (χ4n) is 2.88. The molecule has 2 aromatic carbocycles. The molecule has 1 aliphatic rings. The third kappa shape index (κ3) is 2.92. The highest BCUT2D eigenvalue weighted by Gasteiger charge is 2.32. The molecule has 0 radical (unpaired) electrons. The molecule has 2 unspecified atom stereocenters. The molecule has 2 atom stereocenters. The van der Waals surface area contributed by atoms with Gasteiger partial charge in [-0.25, -0.2) is 4.39 Å². The van der Waals surface area contributed by atoms with E-state index in [9.17, 15) is 4.39 Å². The normalized spacial score (nSPS) is 20.3. The minimum Gasteiger partial charge on any atom is -0.497 e. The summed E-state index contributed by atoms with van der Waals surface area (Å²) >= 11 is 1.72. The molecule has 21 heavy (non-hydrogen) atoms. The second-order valence-electron chi connectivity index (χ2n) is 5.15. The van der Waals surface area contributed by atoms with E-state index in [0.717, 1.165) is 17.1 Å². The number of rotatable bonds is 4. The van der Waals surface area contributed by atoms with Gasteiger partial charge < -0.3 is 10.1 Å². The molecule has 0 aliphatic heterocycles. The molecule has 0 saturated carbocycles. The summed E-state index contributed by atoms with van der Waals surface area (Å²) in [6.07, 6.45) is 0.978. The lowest BCUT2D eigenvalue weighted by Gasteiger charge is -2.19. The van der Waals surface area contributed by atoms with Crippen LogP contribution in [0.2, 0.25) is 0 Å². The largest absolute Gasteiger partial charge is 0.497 e. The first-order valence-corrected chi connectivity index (χ1v) is 7.85. The van der Waals surface area contributed by atoms with Crippen LogP contribution in [0.1, 0.15) is 17.2 Å². The molecule has 2 aromatic rings. The molecule has 0 spiro atoms. The lowest BCUT2D eigenvalue weighted by atomic mass is 10.1. The summed E-state index contributed by atoms with van der Waals surface area (Å²) in [6, 6.07) is 13.3. The fraction of sp³-hybridized carbons (Fsp3) is 0.294. The van der Waals surface area contributed by atoms with Crippen molar-refractivity contribution in [1.29, 1.82) is 0 Å². The highest BCUT2D eigenvalue weighted by molar-refractivity contribution is 8.00. The average Bonchev–Trinajstić information content (AvgIpc) is 2.83. The van der Waals surface area contributed by atoms with Crippen molar-refractivity contribution < 1.29 is 9.13 Å². The summed E-state index contributed by atoms with van der Waals surface area (Å²) in [5, 5.41) is 3.75. The minimum absolute atomic E-state index is 0.182. The van der Waals surface area contributed by atoms with Gasteiger partial charge in [0.1, 0.15) is 11.6 Å². The van der Waals surface area contributed by atoms with Gasteiger partial charge in [-0.2, -0.15) is 0 Å². The first kappa shape index (κ1) is 14.4. The van der Waals surface area contributed by atoms with Crippen LogP contribution in [0.5, 0.6) is 5.75 Å². The Balaban J connectivity index is 1.85. The quantitative estimate of drug-likeness (QED) is 0.928. The maximum Gasteiger partial charge on any atom is 0.124 e. The minimum atomic E-state index is -0.182. The van der Waals surface area contributed by atoms with Gasteiger partial charge in [-0.15, -0.1) is 11.8 Å². The van der Waals surface area contributed by atoms with Gasteiger partial charge in [-0.3, -0.25) is 0 Å². The van der Waals surface area contributed by atoms with Crippen LogP contribution < -0.4 is 10.1 Å². The van der Waals surface area contributed by atoms with Crippen molar-refractivity contribution in [2.75, 3.05) is 14.2 Å².